The normalized spacial score (nSPS) is 10.8. The Morgan fingerprint density at radius 2 is 1.90 bits per heavy atom. The van der Waals surface area contributed by atoms with Gasteiger partial charge in [0, 0.05) is 11.8 Å². The van der Waals surface area contributed by atoms with Gasteiger partial charge in [0.05, 0.1) is 13.7 Å². The number of alkyl halides is 2. The van der Waals surface area contributed by atoms with Crippen LogP contribution in [0.15, 0.2) is 48.5 Å². The Labute approximate surface area is 167 Å². The molecule has 2 rings (SSSR count). The Balaban J connectivity index is 1.90. The van der Waals surface area contributed by atoms with Crippen molar-refractivity contribution in [2.45, 2.75) is 20.0 Å². The molecule has 0 aliphatic heterocycles. The van der Waals surface area contributed by atoms with Crippen LogP contribution >= 0.6 is 0 Å². The second kappa shape index (κ2) is 10.8. The van der Waals surface area contributed by atoms with E-state index in [2.05, 4.69) is 15.4 Å². The average molecular weight is 404 g/mol. The summed E-state index contributed by atoms with van der Waals surface area (Å²) >= 11 is 0. The molecular weight excluding hydrogens is 382 g/mol. The molecule has 0 aliphatic rings. The molecule has 2 aromatic rings. The van der Waals surface area contributed by atoms with E-state index in [1.807, 2.05) is 25.1 Å². The van der Waals surface area contributed by atoms with Crippen molar-refractivity contribution in [1.29, 1.82) is 0 Å². The van der Waals surface area contributed by atoms with Gasteiger partial charge < -0.3 is 20.1 Å². The number of ether oxygens (including phenoxy) is 2. The predicted octanol–water partition coefficient (Wildman–Crippen LogP) is 3.63. The lowest BCUT2D eigenvalue weighted by Crippen LogP contribution is -2.31. The lowest BCUT2D eigenvalue weighted by atomic mass is 10.1. The molecule has 29 heavy (non-hydrogen) atoms. The van der Waals surface area contributed by atoms with E-state index >= 15 is 0 Å². The fourth-order valence-electron chi connectivity index (χ4n) is 2.52. The maximum Gasteiger partial charge on any atom is 0.387 e. The average Bonchev–Trinajstić information content (AvgIpc) is 2.71. The summed E-state index contributed by atoms with van der Waals surface area (Å²) in [4.78, 5) is 24.0. The molecule has 8 heteroatoms. The van der Waals surface area contributed by atoms with Crippen molar-refractivity contribution in [2.24, 2.45) is 0 Å². The standard InChI is InChI=1S/C21H22F2N2O4/c1-3-15-6-4-5-7-16(15)25-20(27)13-24-19(26)11-9-14-8-10-17(29-21(22)23)18(12-14)28-2/h4-12,21H,3,13H2,1-2H3,(H,24,26)(H,25,27)/b11-9+. The smallest absolute Gasteiger partial charge is 0.387 e. The van der Waals surface area contributed by atoms with E-state index in [9.17, 15) is 18.4 Å². The fraction of sp³-hybridized carbons (Fsp3) is 0.238. The molecule has 0 heterocycles. The number of para-hydroxylation sites is 1. The number of aryl methyl sites for hydroxylation is 1. The highest BCUT2D eigenvalue weighted by atomic mass is 19.3. The molecule has 0 radical (unpaired) electrons. The molecule has 2 aromatic carbocycles. The van der Waals surface area contributed by atoms with E-state index in [4.69, 9.17) is 4.74 Å². The van der Waals surface area contributed by atoms with Gasteiger partial charge in [-0.25, -0.2) is 0 Å². The number of carbonyl (C=O) groups is 2. The SMILES string of the molecule is CCc1ccccc1NC(=O)CNC(=O)/C=C/c1ccc(OC(F)F)c(OC)c1. The number of hydrogen-bond acceptors (Lipinski definition) is 4. The Hall–Kier alpha value is -3.42. The molecule has 0 atom stereocenters. The second-order valence-corrected chi connectivity index (χ2v) is 5.90. The highest BCUT2D eigenvalue weighted by molar-refractivity contribution is 5.98. The molecule has 2 N–H and O–H groups in total. The van der Waals surface area contributed by atoms with Crippen LogP contribution in [0.4, 0.5) is 14.5 Å². The van der Waals surface area contributed by atoms with Crippen LogP contribution in [0, 0.1) is 0 Å². The molecule has 0 saturated carbocycles. The predicted molar refractivity (Wildman–Crippen MR) is 106 cm³/mol. The summed E-state index contributed by atoms with van der Waals surface area (Å²) in [6.07, 6.45) is 3.47. The zero-order valence-electron chi connectivity index (χ0n) is 16.1. The Kier molecular flexibility index (Phi) is 8.14. The van der Waals surface area contributed by atoms with Gasteiger partial charge in [-0.05, 0) is 41.8 Å². The Morgan fingerprint density at radius 3 is 2.59 bits per heavy atom. The van der Waals surface area contributed by atoms with Gasteiger partial charge in [0.15, 0.2) is 11.5 Å². The quantitative estimate of drug-likeness (QED) is 0.626. The van der Waals surface area contributed by atoms with E-state index in [-0.39, 0.29) is 24.0 Å². The molecule has 2 amide bonds. The number of rotatable bonds is 9. The van der Waals surface area contributed by atoms with Crippen molar-refractivity contribution in [3.63, 3.8) is 0 Å². The summed E-state index contributed by atoms with van der Waals surface area (Å²) in [6.45, 7) is -1.17. The number of methoxy groups -OCH3 is 1. The van der Waals surface area contributed by atoms with Gasteiger partial charge in [0.1, 0.15) is 0 Å². The number of benzene rings is 2. The third-order valence-corrected chi connectivity index (χ3v) is 3.93. The lowest BCUT2D eigenvalue weighted by molar-refractivity contribution is -0.121. The van der Waals surface area contributed by atoms with E-state index in [0.717, 1.165) is 12.0 Å². The van der Waals surface area contributed by atoms with Gasteiger partial charge in [0.25, 0.3) is 0 Å². The molecule has 154 valence electrons. The second-order valence-electron chi connectivity index (χ2n) is 5.90. The molecule has 0 aromatic heterocycles. The van der Waals surface area contributed by atoms with Crippen LogP contribution in [0.1, 0.15) is 18.1 Å². The first-order valence-corrected chi connectivity index (χ1v) is 8.89. The van der Waals surface area contributed by atoms with Crippen molar-refractivity contribution >= 4 is 23.6 Å². The zero-order chi connectivity index (χ0) is 21.2. The summed E-state index contributed by atoms with van der Waals surface area (Å²) in [5, 5.41) is 5.24. The molecule has 0 saturated heterocycles. The molecular formula is C21H22F2N2O4. The monoisotopic (exact) mass is 404 g/mol. The minimum Gasteiger partial charge on any atom is -0.493 e. The van der Waals surface area contributed by atoms with Crippen LogP contribution < -0.4 is 20.1 Å². The Morgan fingerprint density at radius 1 is 1.14 bits per heavy atom. The summed E-state index contributed by atoms with van der Waals surface area (Å²) in [6, 6.07) is 11.7. The van der Waals surface area contributed by atoms with E-state index in [1.54, 1.807) is 6.07 Å². The molecule has 0 spiro atoms. The van der Waals surface area contributed by atoms with Gasteiger partial charge in [-0.3, -0.25) is 9.59 Å². The van der Waals surface area contributed by atoms with Gasteiger partial charge in [0.2, 0.25) is 11.8 Å². The first-order valence-electron chi connectivity index (χ1n) is 8.89. The zero-order valence-corrected chi connectivity index (χ0v) is 16.1. The van der Waals surface area contributed by atoms with Crippen LogP contribution in [-0.2, 0) is 16.0 Å². The summed E-state index contributed by atoms with van der Waals surface area (Å²) in [5.41, 5.74) is 2.25. The first kappa shape index (κ1) is 21.9. The van der Waals surface area contributed by atoms with Gasteiger partial charge in [-0.15, -0.1) is 0 Å². The maximum absolute atomic E-state index is 12.3. The minimum absolute atomic E-state index is 0.104. The maximum atomic E-state index is 12.3. The van der Waals surface area contributed by atoms with Gasteiger partial charge in [-0.2, -0.15) is 8.78 Å². The van der Waals surface area contributed by atoms with E-state index in [1.165, 1.54) is 37.5 Å². The van der Waals surface area contributed by atoms with E-state index < -0.39 is 12.5 Å². The molecule has 0 unspecified atom stereocenters. The van der Waals surface area contributed by atoms with Crippen molar-refractivity contribution in [3.8, 4) is 11.5 Å². The van der Waals surface area contributed by atoms with E-state index in [0.29, 0.717) is 11.3 Å². The largest absolute Gasteiger partial charge is 0.493 e. The number of hydrogen-bond donors (Lipinski definition) is 2. The van der Waals surface area contributed by atoms with Crippen molar-refractivity contribution in [3.05, 3.63) is 59.7 Å². The molecule has 0 fully saturated rings. The number of halogens is 2. The van der Waals surface area contributed by atoms with Crippen LogP contribution in [0.25, 0.3) is 6.08 Å². The van der Waals surface area contributed by atoms with Crippen LogP contribution in [0.5, 0.6) is 11.5 Å². The molecule has 6 nitrogen and oxygen atoms in total. The number of carbonyl (C=O) groups excluding carboxylic acids is 2. The summed E-state index contributed by atoms with van der Waals surface area (Å²) < 4.78 is 34.0. The third-order valence-electron chi connectivity index (χ3n) is 3.93. The van der Waals surface area contributed by atoms with Crippen LogP contribution in [-0.4, -0.2) is 32.1 Å². The highest BCUT2D eigenvalue weighted by Gasteiger charge is 2.11. The van der Waals surface area contributed by atoms with Crippen molar-refractivity contribution in [2.75, 3.05) is 19.0 Å². The first-order chi connectivity index (χ1) is 13.9. The topological polar surface area (TPSA) is 76.7 Å². The summed E-state index contributed by atoms with van der Waals surface area (Å²) in [7, 11) is 1.32. The van der Waals surface area contributed by atoms with Crippen molar-refractivity contribution in [1.82, 2.24) is 5.32 Å². The lowest BCUT2D eigenvalue weighted by Gasteiger charge is -2.10. The number of anilines is 1. The minimum atomic E-state index is -2.97. The number of amides is 2. The van der Waals surface area contributed by atoms with Gasteiger partial charge in [-0.1, -0.05) is 31.2 Å². The van der Waals surface area contributed by atoms with Gasteiger partial charge >= 0.3 is 6.61 Å². The van der Waals surface area contributed by atoms with Crippen LogP contribution in [0.3, 0.4) is 0 Å². The van der Waals surface area contributed by atoms with Crippen LogP contribution in [0.2, 0.25) is 0 Å². The number of nitrogens with one attached hydrogen (secondary N) is 2. The highest BCUT2D eigenvalue weighted by Crippen LogP contribution is 2.29. The molecule has 0 bridgehead atoms. The van der Waals surface area contributed by atoms with Crippen molar-refractivity contribution < 1.29 is 27.8 Å². The summed E-state index contributed by atoms with van der Waals surface area (Å²) in [5.74, 6) is -0.812. The molecule has 0 aliphatic carbocycles. The Bertz CT molecular complexity index is 885. The fourth-order valence-corrected chi connectivity index (χ4v) is 2.52. The third kappa shape index (κ3) is 6.91.